The number of aromatic amines is 1. The number of sulfonamides is 1. The van der Waals surface area contributed by atoms with Crippen molar-refractivity contribution < 1.29 is 13.2 Å². The Labute approximate surface area is 106 Å². The van der Waals surface area contributed by atoms with Gasteiger partial charge in [0.25, 0.3) is 10.0 Å². The summed E-state index contributed by atoms with van der Waals surface area (Å²) in [5, 5.41) is -0.0384. The predicted octanol–water partition coefficient (Wildman–Crippen LogP) is -0.301. The number of likely N-dealkylation sites (tertiary alicyclic amines) is 1. The lowest BCUT2D eigenvalue weighted by molar-refractivity contribution is -0.131. The third-order valence-corrected chi connectivity index (χ3v) is 4.35. The van der Waals surface area contributed by atoms with Crippen LogP contribution in [-0.2, 0) is 14.8 Å². The number of aromatic nitrogens is 2. The van der Waals surface area contributed by atoms with Gasteiger partial charge in [-0.05, 0) is 19.8 Å². The molecule has 1 atom stereocenters. The van der Waals surface area contributed by atoms with Crippen LogP contribution in [0.1, 0.15) is 19.8 Å². The molecule has 2 heterocycles. The third-order valence-electron chi connectivity index (χ3n) is 2.88. The number of nitrogens with zero attached hydrogens (tertiary/aromatic N) is 2. The Morgan fingerprint density at radius 3 is 2.72 bits per heavy atom. The largest absolute Gasteiger partial charge is 0.341 e. The maximum absolute atomic E-state index is 12.0. The molecule has 0 bridgehead atoms. The van der Waals surface area contributed by atoms with Crippen molar-refractivity contribution in [1.82, 2.24) is 19.6 Å². The summed E-state index contributed by atoms with van der Waals surface area (Å²) < 4.78 is 26.1. The second kappa shape index (κ2) is 5.07. The van der Waals surface area contributed by atoms with Gasteiger partial charge in [0.1, 0.15) is 0 Å². The standard InChI is InChI=1S/C10H16N4O3S/c1-8(10(15)14-4-2-3-5-14)13-18(16,17)9-6-11-7-12-9/h6-8,13H,2-5H2,1H3,(H,11,12). The highest BCUT2D eigenvalue weighted by atomic mass is 32.2. The highest BCUT2D eigenvalue weighted by Crippen LogP contribution is 2.10. The molecule has 18 heavy (non-hydrogen) atoms. The summed E-state index contributed by atoms with van der Waals surface area (Å²) in [5.74, 6) is -0.185. The van der Waals surface area contributed by atoms with Crippen LogP contribution in [0.2, 0.25) is 0 Å². The topological polar surface area (TPSA) is 95.2 Å². The average molecular weight is 272 g/mol. The van der Waals surface area contributed by atoms with Crippen LogP contribution in [0, 0.1) is 0 Å². The van der Waals surface area contributed by atoms with Gasteiger partial charge in [-0.2, -0.15) is 4.72 Å². The quantitative estimate of drug-likeness (QED) is 0.786. The van der Waals surface area contributed by atoms with E-state index in [4.69, 9.17) is 0 Å². The van der Waals surface area contributed by atoms with Gasteiger partial charge in [0.2, 0.25) is 5.91 Å². The molecule has 1 aliphatic heterocycles. The van der Waals surface area contributed by atoms with Crippen LogP contribution in [0.4, 0.5) is 0 Å². The molecular formula is C10H16N4O3S. The van der Waals surface area contributed by atoms with Gasteiger partial charge >= 0.3 is 0 Å². The Balaban J connectivity index is 2.02. The van der Waals surface area contributed by atoms with Gasteiger partial charge in [-0.25, -0.2) is 13.4 Å². The zero-order chi connectivity index (χ0) is 13.2. The highest BCUT2D eigenvalue weighted by molar-refractivity contribution is 7.89. The van der Waals surface area contributed by atoms with Crippen molar-refractivity contribution in [1.29, 1.82) is 0 Å². The van der Waals surface area contributed by atoms with E-state index in [0.29, 0.717) is 13.1 Å². The first-order valence-electron chi connectivity index (χ1n) is 5.80. The second-order valence-electron chi connectivity index (χ2n) is 4.29. The molecule has 0 radical (unpaired) electrons. The number of nitrogens with one attached hydrogen (secondary N) is 2. The number of carbonyl (C=O) groups excluding carboxylic acids is 1. The van der Waals surface area contributed by atoms with E-state index in [1.54, 1.807) is 11.8 Å². The summed E-state index contributed by atoms with van der Waals surface area (Å²) >= 11 is 0. The molecule has 1 aromatic rings. The van der Waals surface area contributed by atoms with Gasteiger partial charge in [0.05, 0.1) is 18.6 Å². The Hall–Kier alpha value is -1.41. The van der Waals surface area contributed by atoms with Gasteiger partial charge < -0.3 is 9.88 Å². The molecule has 8 heteroatoms. The van der Waals surface area contributed by atoms with E-state index >= 15 is 0 Å². The highest BCUT2D eigenvalue weighted by Gasteiger charge is 2.27. The number of amides is 1. The molecule has 0 aliphatic carbocycles. The Bertz CT molecular complexity index is 505. The molecule has 100 valence electrons. The third kappa shape index (κ3) is 2.70. The molecule has 7 nitrogen and oxygen atoms in total. The fourth-order valence-electron chi connectivity index (χ4n) is 1.95. The molecule has 0 saturated carbocycles. The van der Waals surface area contributed by atoms with Crippen molar-refractivity contribution in [2.75, 3.05) is 13.1 Å². The minimum Gasteiger partial charge on any atom is -0.341 e. The van der Waals surface area contributed by atoms with E-state index in [0.717, 1.165) is 12.8 Å². The molecule has 1 aliphatic rings. The molecule has 2 rings (SSSR count). The van der Waals surface area contributed by atoms with E-state index in [2.05, 4.69) is 14.7 Å². The lowest BCUT2D eigenvalue weighted by Crippen LogP contribution is -2.45. The minimum absolute atomic E-state index is 0.0384. The smallest absolute Gasteiger partial charge is 0.258 e. The van der Waals surface area contributed by atoms with Crippen molar-refractivity contribution in [3.63, 3.8) is 0 Å². The first kappa shape index (κ1) is 13.0. The monoisotopic (exact) mass is 272 g/mol. The predicted molar refractivity (Wildman–Crippen MR) is 64.2 cm³/mol. The number of carbonyl (C=O) groups is 1. The van der Waals surface area contributed by atoms with Gasteiger partial charge in [-0.1, -0.05) is 0 Å². The van der Waals surface area contributed by atoms with Gasteiger partial charge in [0, 0.05) is 13.1 Å². The van der Waals surface area contributed by atoms with Crippen molar-refractivity contribution in [2.45, 2.75) is 30.8 Å². The van der Waals surface area contributed by atoms with Gasteiger partial charge in [-0.15, -0.1) is 0 Å². The lowest BCUT2D eigenvalue weighted by atomic mass is 10.3. The molecule has 1 unspecified atom stereocenters. The number of H-pyrrole nitrogens is 1. The van der Waals surface area contributed by atoms with Crippen molar-refractivity contribution >= 4 is 15.9 Å². The maximum atomic E-state index is 12.0. The van der Waals surface area contributed by atoms with E-state index in [1.165, 1.54) is 12.5 Å². The van der Waals surface area contributed by atoms with E-state index in [9.17, 15) is 13.2 Å². The minimum atomic E-state index is -3.71. The summed E-state index contributed by atoms with van der Waals surface area (Å²) in [4.78, 5) is 19.8. The fourth-order valence-corrected chi connectivity index (χ4v) is 3.05. The normalized spacial score (nSPS) is 17.9. The number of imidazole rings is 1. The van der Waals surface area contributed by atoms with E-state index < -0.39 is 16.1 Å². The molecule has 1 aromatic heterocycles. The van der Waals surface area contributed by atoms with Crippen molar-refractivity contribution in [3.05, 3.63) is 12.5 Å². The first-order chi connectivity index (χ1) is 8.50. The molecule has 2 N–H and O–H groups in total. The van der Waals surface area contributed by atoms with Gasteiger partial charge in [0.15, 0.2) is 5.03 Å². The molecule has 1 saturated heterocycles. The summed E-state index contributed by atoms with van der Waals surface area (Å²) in [6.07, 6.45) is 4.44. The molecule has 1 amide bonds. The first-order valence-corrected chi connectivity index (χ1v) is 7.28. The number of hydrogen-bond acceptors (Lipinski definition) is 4. The van der Waals surface area contributed by atoms with Crippen molar-refractivity contribution in [3.8, 4) is 0 Å². The maximum Gasteiger partial charge on any atom is 0.258 e. The van der Waals surface area contributed by atoms with E-state index in [1.807, 2.05) is 0 Å². The van der Waals surface area contributed by atoms with E-state index in [-0.39, 0.29) is 10.9 Å². The number of hydrogen-bond donors (Lipinski definition) is 2. The SMILES string of the molecule is CC(NS(=O)(=O)c1cnc[nH]1)C(=O)N1CCCC1. The molecule has 1 fully saturated rings. The zero-order valence-electron chi connectivity index (χ0n) is 10.1. The Kier molecular flexibility index (Phi) is 3.67. The van der Waals surface area contributed by atoms with Crippen LogP contribution >= 0.6 is 0 Å². The Morgan fingerprint density at radius 2 is 2.17 bits per heavy atom. The van der Waals surface area contributed by atoms with Crippen LogP contribution in [0.3, 0.4) is 0 Å². The van der Waals surface area contributed by atoms with Crippen LogP contribution in [0.25, 0.3) is 0 Å². The Morgan fingerprint density at radius 1 is 1.50 bits per heavy atom. The van der Waals surface area contributed by atoms with Crippen molar-refractivity contribution in [2.24, 2.45) is 0 Å². The average Bonchev–Trinajstić information content (AvgIpc) is 3.00. The van der Waals surface area contributed by atoms with Crippen LogP contribution < -0.4 is 4.72 Å². The second-order valence-corrected chi connectivity index (χ2v) is 5.97. The van der Waals surface area contributed by atoms with Crippen LogP contribution in [0.5, 0.6) is 0 Å². The lowest BCUT2D eigenvalue weighted by Gasteiger charge is -2.20. The van der Waals surface area contributed by atoms with Crippen LogP contribution in [0.15, 0.2) is 17.6 Å². The molecule has 0 spiro atoms. The summed E-state index contributed by atoms with van der Waals surface area (Å²) in [7, 11) is -3.71. The van der Waals surface area contributed by atoms with Crippen LogP contribution in [-0.4, -0.2) is 48.3 Å². The summed E-state index contributed by atoms with van der Waals surface area (Å²) in [5.41, 5.74) is 0. The summed E-state index contributed by atoms with van der Waals surface area (Å²) in [6.45, 7) is 2.96. The summed E-state index contributed by atoms with van der Waals surface area (Å²) in [6, 6.07) is -0.767. The molecular weight excluding hydrogens is 256 g/mol. The molecule has 0 aromatic carbocycles. The fraction of sp³-hybridized carbons (Fsp3) is 0.600. The zero-order valence-corrected chi connectivity index (χ0v) is 10.9. The van der Waals surface area contributed by atoms with Gasteiger partial charge in [-0.3, -0.25) is 4.79 Å². The number of rotatable bonds is 4.